The van der Waals surface area contributed by atoms with E-state index in [0.717, 1.165) is 50.3 Å². The van der Waals surface area contributed by atoms with Gasteiger partial charge in [0.25, 0.3) is 5.91 Å². The van der Waals surface area contributed by atoms with Gasteiger partial charge in [0, 0.05) is 56.4 Å². The van der Waals surface area contributed by atoms with Crippen LogP contribution in [0.5, 0.6) is 0 Å². The van der Waals surface area contributed by atoms with E-state index in [1.807, 2.05) is 29.2 Å². The standard InChI is InChI=1S/C22H26FN3O/c1-24-12-14-25(15-13-24)21-8-4-18(5-9-21)22(27)26-11-10-19(16-26)17-2-6-20(23)7-3-17/h2-9,19H,10-16H2,1H3/t19-/m1/s1. The quantitative estimate of drug-likeness (QED) is 0.834. The molecule has 1 amide bonds. The summed E-state index contributed by atoms with van der Waals surface area (Å²) in [5.74, 6) is 0.161. The molecule has 142 valence electrons. The van der Waals surface area contributed by atoms with Crippen molar-refractivity contribution in [1.29, 1.82) is 0 Å². The van der Waals surface area contributed by atoms with E-state index in [1.54, 1.807) is 0 Å². The topological polar surface area (TPSA) is 26.8 Å². The van der Waals surface area contributed by atoms with E-state index >= 15 is 0 Å². The van der Waals surface area contributed by atoms with E-state index in [2.05, 4.69) is 29.0 Å². The summed E-state index contributed by atoms with van der Waals surface area (Å²) in [6.45, 7) is 5.63. The monoisotopic (exact) mass is 367 g/mol. The Morgan fingerprint density at radius 2 is 1.59 bits per heavy atom. The van der Waals surface area contributed by atoms with Crippen molar-refractivity contribution in [2.45, 2.75) is 12.3 Å². The molecule has 0 bridgehead atoms. The van der Waals surface area contributed by atoms with Crippen molar-refractivity contribution < 1.29 is 9.18 Å². The SMILES string of the molecule is CN1CCN(c2ccc(C(=O)N3CC[C@@H](c4ccc(F)cc4)C3)cc2)CC1. The van der Waals surface area contributed by atoms with Gasteiger partial charge in [-0.05, 0) is 55.4 Å². The van der Waals surface area contributed by atoms with Crippen molar-refractivity contribution in [2.24, 2.45) is 0 Å². The van der Waals surface area contributed by atoms with Crippen LogP contribution in [-0.4, -0.2) is 62.0 Å². The van der Waals surface area contributed by atoms with Crippen LogP contribution in [0.25, 0.3) is 0 Å². The Labute approximate surface area is 160 Å². The Kier molecular flexibility index (Phi) is 5.12. The first-order valence-corrected chi connectivity index (χ1v) is 9.68. The minimum absolute atomic E-state index is 0.0875. The van der Waals surface area contributed by atoms with Gasteiger partial charge in [0.1, 0.15) is 5.82 Å². The van der Waals surface area contributed by atoms with E-state index in [9.17, 15) is 9.18 Å². The Bertz CT molecular complexity index is 782. The second-order valence-electron chi connectivity index (χ2n) is 7.63. The molecule has 2 fully saturated rings. The lowest BCUT2D eigenvalue weighted by atomic mass is 9.98. The molecule has 4 nitrogen and oxygen atoms in total. The molecular formula is C22H26FN3O. The highest BCUT2D eigenvalue weighted by atomic mass is 19.1. The summed E-state index contributed by atoms with van der Waals surface area (Å²) < 4.78 is 13.1. The van der Waals surface area contributed by atoms with Gasteiger partial charge in [-0.15, -0.1) is 0 Å². The fourth-order valence-corrected chi connectivity index (χ4v) is 4.01. The maximum atomic E-state index is 13.1. The predicted molar refractivity (Wildman–Crippen MR) is 106 cm³/mol. The van der Waals surface area contributed by atoms with E-state index < -0.39 is 0 Å². The number of halogens is 1. The molecule has 1 atom stereocenters. The Hall–Kier alpha value is -2.40. The highest BCUT2D eigenvalue weighted by Crippen LogP contribution is 2.28. The maximum absolute atomic E-state index is 13.1. The molecule has 2 aliphatic heterocycles. The van der Waals surface area contributed by atoms with Gasteiger partial charge in [0.05, 0.1) is 0 Å². The van der Waals surface area contributed by atoms with Crippen LogP contribution in [0, 0.1) is 5.82 Å². The molecule has 0 saturated carbocycles. The highest BCUT2D eigenvalue weighted by molar-refractivity contribution is 5.94. The number of likely N-dealkylation sites (N-methyl/N-ethyl adjacent to an activating group) is 1. The van der Waals surface area contributed by atoms with Gasteiger partial charge in [0.2, 0.25) is 0 Å². The number of anilines is 1. The molecule has 2 aromatic rings. The minimum atomic E-state index is -0.217. The van der Waals surface area contributed by atoms with Crippen molar-refractivity contribution >= 4 is 11.6 Å². The van der Waals surface area contributed by atoms with Crippen molar-refractivity contribution in [2.75, 3.05) is 51.2 Å². The number of likely N-dealkylation sites (tertiary alicyclic amines) is 1. The Balaban J connectivity index is 1.39. The lowest BCUT2D eigenvalue weighted by Gasteiger charge is -2.34. The van der Waals surface area contributed by atoms with Crippen LogP contribution in [0.4, 0.5) is 10.1 Å². The van der Waals surface area contributed by atoms with Gasteiger partial charge in [0.15, 0.2) is 0 Å². The zero-order valence-electron chi connectivity index (χ0n) is 15.8. The van der Waals surface area contributed by atoms with Crippen molar-refractivity contribution in [3.05, 3.63) is 65.5 Å². The van der Waals surface area contributed by atoms with Crippen LogP contribution in [0.15, 0.2) is 48.5 Å². The zero-order valence-corrected chi connectivity index (χ0v) is 15.8. The first-order chi connectivity index (χ1) is 13.1. The fraction of sp³-hybridized carbons (Fsp3) is 0.409. The molecular weight excluding hydrogens is 341 g/mol. The Morgan fingerprint density at radius 3 is 2.26 bits per heavy atom. The maximum Gasteiger partial charge on any atom is 0.253 e. The number of benzene rings is 2. The van der Waals surface area contributed by atoms with Crippen molar-refractivity contribution in [3.63, 3.8) is 0 Å². The number of carbonyl (C=O) groups excluding carboxylic acids is 1. The molecule has 2 aromatic carbocycles. The van der Waals surface area contributed by atoms with Crippen molar-refractivity contribution in [1.82, 2.24) is 9.80 Å². The Morgan fingerprint density at radius 1 is 0.926 bits per heavy atom. The number of hydrogen-bond donors (Lipinski definition) is 0. The highest BCUT2D eigenvalue weighted by Gasteiger charge is 2.28. The molecule has 2 heterocycles. The summed E-state index contributed by atoms with van der Waals surface area (Å²) in [5, 5.41) is 0. The minimum Gasteiger partial charge on any atom is -0.369 e. The average molecular weight is 367 g/mol. The van der Waals surface area contributed by atoms with Crippen LogP contribution in [0.2, 0.25) is 0 Å². The molecule has 2 saturated heterocycles. The van der Waals surface area contributed by atoms with Crippen molar-refractivity contribution in [3.8, 4) is 0 Å². The lowest BCUT2D eigenvalue weighted by Crippen LogP contribution is -2.44. The molecule has 0 aliphatic carbocycles. The van der Waals surface area contributed by atoms with Crippen LogP contribution in [0.1, 0.15) is 28.3 Å². The summed E-state index contributed by atoms with van der Waals surface area (Å²) in [6, 6.07) is 14.7. The summed E-state index contributed by atoms with van der Waals surface area (Å²) in [6.07, 6.45) is 0.927. The molecule has 0 aromatic heterocycles. The average Bonchev–Trinajstić information content (AvgIpc) is 3.19. The van der Waals surface area contributed by atoms with Crippen LogP contribution >= 0.6 is 0 Å². The number of hydrogen-bond acceptors (Lipinski definition) is 3. The number of carbonyl (C=O) groups is 1. The van der Waals surface area contributed by atoms with Gasteiger partial charge >= 0.3 is 0 Å². The fourth-order valence-electron chi connectivity index (χ4n) is 4.01. The first-order valence-electron chi connectivity index (χ1n) is 9.68. The lowest BCUT2D eigenvalue weighted by molar-refractivity contribution is 0.0791. The zero-order chi connectivity index (χ0) is 18.8. The largest absolute Gasteiger partial charge is 0.369 e. The number of nitrogens with zero attached hydrogens (tertiary/aromatic N) is 3. The van der Waals surface area contributed by atoms with Gasteiger partial charge in [-0.3, -0.25) is 4.79 Å². The molecule has 4 rings (SSSR count). The molecule has 5 heteroatoms. The smallest absolute Gasteiger partial charge is 0.253 e. The molecule has 0 spiro atoms. The third-order valence-corrected chi connectivity index (χ3v) is 5.80. The molecule has 0 unspecified atom stereocenters. The molecule has 0 radical (unpaired) electrons. The second-order valence-corrected chi connectivity index (χ2v) is 7.63. The predicted octanol–water partition coefficient (Wildman–Crippen LogP) is 3.21. The van der Waals surface area contributed by atoms with Gasteiger partial charge in [-0.2, -0.15) is 0 Å². The third kappa shape index (κ3) is 3.98. The second kappa shape index (κ2) is 7.69. The summed E-state index contributed by atoms with van der Waals surface area (Å²) in [5.41, 5.74) is 3.04. The van der Waals surface area contributed by atoms with E-state index in [0.29, 0.717) is 12.5 Å². The summed E-state index contributed by atoms with van der Waals surface area (Å²) in [4.78, 5) is 19.5. The van der Waals surface area contributed by atoms with Crippen LogP contribution in [-0.2, 0) is 0 Å². The van der Waals surface area contributed by atoms with E-state index in [-0.39, 0.29) is 11.7 Å². The summed E-state index contributed by atoms with van der Waals surface area (Å²) in [7, 11) is 2.15. The van der Waals surface area contributed by atoms with Crippen LogP contribution < -0.4 is 4.90 Å². The van der Waals surface area contributed by atoms with E-state index in [1.165, 1.54) is 17.8 Å². The first kappa shape index (κ1) is 18.0. The molecule has 27 heavy (non-hydrogen) atoms. The van der Waals surface area contributed by atoms with Gasteiger partial charge in [-0.25, -0.2) is 4.39 Å². The van der Waals surface area contributed by atoms with E-state index in [4.69, 9.17) is 0 Å². The van der Waals surface area contributed by atoms with Gasteiger partial charge < -0.3 is 14.7 Å². The van der Waals surface area contributed by atoms with Crippen LogP contribution in [0.3, 0.4) is 0 Å². The third-order valence-electron chi connectivity index (χ3n) is 5.80. The molecule has 0 N–H and O–H groups in total. The number of rotatable bonds is 3. The summed E-state index contributed by atoms with van der Waals surface area (Å²) >= 11 is 0. The number of amides is 1. The van der Waals surface area contributed by atoms with Gasteiger partial charge in [-0.1, -0.05) is 12.1 Å². The number of piperazine rings is 1. The normalized spacial score (nSPS) is 20.9. The molecule has 2 aliphatic rings.